The first-order chi connectivity index (χ1) is 9.29. The molecule has 3 nitrogen and oxygen atoms in total. The number of aliphatic hydroxyl groups excluding tert-OH is 1. The molecule has 1 aliphatic rings. The SMILES string of the molecule is O=C(CCCO)NC1CCC(c2ccccc2)CC1. The highest BCUT2D eigenvalue weighted by Crippen LogP contribution is 2.32. The van der Waals surface area contributed by atoms with Gasteiger partial charge in [0.25, 0.3) is 0 Å². The highest BCUT2D eigenvalue weighted by atomic mass is 16.3. The molecule has 1 fully saturated rings. The van der Waals surface area contributed by atoms with Crippen molar-refractivity contribution in [1.82, 2.24) is 5.32 Å². The van der Waals surface area contributed by atoms with Crippen molar-refractivity contribution in [3.8, 4) is 0 Å². The van der Waals surface area contributed by atoms with Gasteiger partial charge in [-0.1, -0.05) is 30.3 Å². The molecule has 1 amide bonds. The second-order valence-corrected chi connectivity index (χ2v) is 5.35. The van der Waals surface area contributed by atoms with Crippen LogP contribution in [0.3, 0.4) is 0 Å². The van der Waals surface area contributed by atoms with E-state index in [1.807, 2.05) is 0 Å². The molecule has 19 heavy (non-hydrogen) atoms. The fourth-order valence-electron chi connectivity index (χ4n) is 2.84. The van der Waals surface area contributed by atoms with Crippen molar-refractivity contribution < 1.29 is 9.90 Å². The Labute approximate surface area is 115 Å². The van der Waals surface area contributed by atoms with Crippen LogP contribution in [0.15, 0.2) is 30.3 Å². The molecule has 0 aliphatic heterocycles. The zero-order valence-electron chi connectivity index (χ0n) is 11.3. The van der Waals surface area contributed by atoms with Gasteiger partial charge in [0.2, 0.25) is 5.91 Å². The van der Waals surface area contributed by atoms with Gasteiger partial charge in [-0.25, -0.2) is 0 Å². The van der Waals surface area contributed by atoms with Gasteiger partial charge in [-0.3, -0.25) is 4.79 Å². The lowest BCUT2D eigenvalue weighted by atomic mass is 9.82. The van der Waals surface area contributed by atoms with E-state index in [4.69, 9.17) is 5.11 Å². The fraction of sp³-hybridized carbons (Fsp3) is 0.562. The first-order valence-electron chi connectivity index (χ1n) is 7.24. The summed E-state index contributed by atoms with van der Waals surface area (Å²) in [5, 5.41) is 11.8. The summed E-state index contributed by atoms with van der Waals surface area (Å²) in [4.78, 5) is 11.6. The zero-order valence-corrected chi connectivity index (χ0v) is 11.3. The number of carbonyl (C=O) groups is 1. The molecule has 0 unspecified atom stereocenters. The van der Waals surface area contributed by atoms with E-state index in [2.05, 4.69) is 35.6 Å². The highest BCUT2D eigenvalue weighted by molar-refractivity contribution is 5.76. The van der Waals surface area contributed by atoms with Crippen molar-refractivity contribution in [2.75, 3.05) is 6.61 Å². The maximum absolute atomic E-state index is 11.6. The van der Waals surface area contributed by atoms with Crippen molar-refractivity contribution in [1.29, 1.82) is 0 Å². The Hall–Kier alpha value is -1.35. The third kappa shape index (κ3) is 4.35. The molecule has 104 valence electrons. The molecule has 1 aliphatic carbocycles. The molecular weight excluding hydrogens is 238 g/mol. The first-order valence-corrected chi connectivity index (χ1v) is 7.24. The molecule has 0 heterocycles. The predicted molar refractivity (Wildman–Crippen MR) is 75.9 cm³/mol. The number of benzene rings is 1. The third-order valence-electron chi connectivity index (χ3n) is 3.93. The molecule has 2 rings (SSSR count). The Morgan fingerprint density at radius 1 is 1.16 bits per heavy atom. The van der Waals surface area contributed by atoms with E-state index in [9.17, 15) is 4.79 Å². The van der Waals surface area contributed by atoms with E-state index in [-0.39, 0.29) is 12.5 Å². The summed E-state index contributed by atoms with van der Waals surface area (Å²) in [6, 6.07) is 11.0. The molecule has 0 atom stereocenters. The van der Waals surface area contributed by atoms with Gasteiger partial charge >= 0.3 is 0 Å². The van der Waals surface area contributed by atoms with Gasteiger partial charge in [0.1, 0.15) is 0 Å². The van der Waals surface area contributed by atoms with Crippen LogP contribution in [0.1, 0.15) is 50.0 Å². The topological polar surface area (TPSA) is 49.3 Å². The number of nitrogens with one attached hydrogen (secondary N) is 1. The number of hydrogen-bond acceptors (Lipinski definition) is 2. The van der Waals surface area contributed by atoms with Crippen LogP contribution in [0.2, 0.25) is 0 Å². The van der Waals surface area contributed by atoms with E-state index in [0.29, 0.717) is 24.8 Å². The van der Waals surface area contributed by atoms with E-state index < -0.39 is 0 Å². The molecule has 0 bridgehead atoms. The largest absolute Gasteiger partial charge is 0.396 e. The lowest BCUT2D eigenvalue weighted by molar-refractivity contribution is -0.122. The summed E-state index contributed by atoms with van der Waals surface area (Å²) >= 11 is 0. The van der Waals surface area contributed by atoms with E-state index >= 15 is 0 Å². The standard InChI is InChI=1S/C16H23NO2/c18-12-4-7-16(19)17-15-10-8-14(9-11-15)13-5-2-1-3-6-13/h1-3,5-6,14-15,18H,4,7-12H2,(H,17,19). The second-order valence-electron chi connectivity index (χ2n) is 5.35. The van der Waals surface area contributed by atoms with Gasteiger partial charge in [0, 0.05) is 19.1 Å². The van der Waals surface area contributed by atoms with Crippen LogP contribution in [0.25, 0.3) is 0 Å². The highest BCUT2D eigenvalue weighted by Gasteiger charge is 2.23. The minimum absolute atomic E-state index is 0.0808. The average Bonchev–Trinajstić information content (AvgIpc) is 2.47. The maximum Gasteiger partial charge on any atom is 0.220 e. The smallest absolute Gasteiger partial charge is 0.220 e. The minimum Gasteiger partial charge on any atom is -0.396 e. The lowest BCUT2D eigenvalue weighted by Crippen LogP contribution is -2.37. The van der Waals surface area contributed by atoms with Gasteiger partial charge < -0.3 is 10.4 Å². The summed E-state index contributed by atoms with van der Waals surface area (Å²) in [5.41, 5.74) is 1.42. The van der Waals surface area contributed by atoms with Crippen molar-refractivity contribution in [2.45, 2.75) is 50.5 Å². The quantitative estimate of drug-likeness (QED) is 0.856. The van der Waals surface area contributed by atoms with Crippen LogP contribution in [0, 0.1) is 0 Å². The molecule has 3 heteroatoms. The number of rotatable bonds is 5. The van der Waals surface area contributed by atoms with E-state index in [1.165, 1.54) is 5.56 Å². The third-order valence-corrected chi connectivity index (χ3v) is 3.93. The van der Waals surface area contributed by atoms with E-state index in [0.717, 1.165) is 25.7 Å². The van der Waals surface area contributed by atoms with Gasteiger partial charge in [-0.2, -0.15) is 0 Å². The summed E-state index contributed by atoms with van der Waals surface area (Å²) in [6.45, 7) is 0.0914. The normalized spacial score (nSPS) is 23.0. The van der Waals surface area contributed by atoms with Crippen molar-refractivity contribution in [2.24, 2.45) is 0 Å². The Morgan fingerprint density at radius 2 is 1.84 bits per heavy atom. The Kier molecular flexibility index (Phi) is 5.40. The average molecular weight is 261 g/mol. The van der Waals surface area contributed by atoms with Gasteiger partial charge in [-0.05, 0) is 43.6 Å². The van der Waals surface area contributed by atoms with E-state index in [1.54, 1.807) is 0 Å². The molecular formula is C16H23NO2. The number of amides is 1. The molecule has 2 N–H and O–H groups in total. The number of carbonyl (C=O) groups excluding carboxylic acids is 1. The van der Waals surface area contributed by atoms with Crippen LogP contribution in [-0.4, -0.2) is 23.7 Å². The second kappa shape index (κ2) is 7.29. The molecule has 0 saturated heterocycles. The molecule has 1 aromatic carbocycles. The van der Waals surface area contributed by atoms with Crippen LogP contribution >= 0.6 is 0 Å². The van der Waals surface area contributed by atoms with Gasteiger partial charge in [-0.15, -0.1) is 0 Å². The van der Waals surface area contributed by atoms with Crippen LogP contribution in [0.5, 0.6) is 0 Å². The summed E-state index contributed by atoms with van der Waals surface area (Å²) in [7, 11) is 0. The van der Waals surface area contributed by atoms with Gasteiger partial charge in [0.05, 0.1) is 0 Å². The van der Waals surface area contributed by atoms with Crippen LogP contribution < -0.4 is 5.32 Å². The zero-order chi connectivity index (χ0) is 13.5. The Bertz CT molecular complexity index is 383. The molecule has 0 aromatic heterocycles. The Morgan fingerprint density at radius 3 is 2.47 bits per heavy atom. The van der Waals surface area contributed by atoms with Crippen molar-refractivity contribution >= 4 is 5.91 Å². The molecule has 1 aromatic rings. The fourth-order valence-corrected chi connectivity index (χ4v) is 2.84. The molecule has 0 radical (unpaired) electrons. The number of aliphatic hydroxyl groups is 1. The minimum atomic E-state index is 0.0808. The van der Waals surface area contributed by atoms with Crippen molar-refractivity contribution in [3.63, 3.8) is 0 Å². The predicted octanol–water partition coefficient (Wildman–Crippen LogP) is 2.60. The summed E-state index contributed by atoms with van der Waals surface area (Å²) in [5.74, 6) is 0.726. The Balaban J connectivity index is 1.75. The van der Waals surface area contributed by atoms with Crippen molar-refractivity contribution in [3.05, 3.63) is 35.9 Å². The van der Waals surface area contributed by atoms with Gasteiger partial charge in [0.15, 0.2) is 0 Å². The van der Waals surface area contributed by atoms with Crippen LogP contribution in [0.4, 0.5) is 0 Å². The molecule has 1 saturated carbocycles. The lowest BCUT2D eigenvalue weighted by Gasteiger charge is -2.29. The first kappa shape index (κ1) is 14.1. The molecule has 0 spiro atoms. The monoisotopic (exact) mass is 261 g/mol. The number of hydrogen-bond donors (Lipinski definition) is 2. The maximum atomic E-state index is 11.6. The summed E-state index contributed by atoms with van der Waals surface area (Å²) in [6.07, 6.45) is 5.42. The summed E-state index contributed by atoms with van der Waals surface area (Å²) < 4.78 is 0. The van der Waals surface area contributed by atoms with Crippen LogP contribution in [-0.2, 0) is 4.79 Å².